The highest BCUT2D eigenvalue weighted by molar-refractivity contribution is 5.25. The Bertz CT molecular complexity index is 1010. The van der Waals surface area contributed by atoms with Crippen LogP contribution in [0.4, 0.5) is 0 Å². The Morgan fingerprint density at radius 1 is 0.354 bits per heavy atom. The van der Waals surface area contributed by atoms with Crippen LogP contribution in [0.5, 0.6) is 0 Å². The van der Waals surface area contributed by atoms with Gasteiger partial charge in [0.1, 0.15) is 0 Å². The molecule has 0 N–H and O–H groups in total. The molecule has 0 heteroatoms. The molecule has 0 amide bonds. The van der Waals surface area contributed by atoms with E-state index in [1.165, 1.54) is 44.9 Å². The first-order valence-corrected chi connectivity index (χ1v) is 20.4. The van der Waals surface area contributed by atoms with E-state index < -0.39 is 0 Å². The summed E-state index contributed by atoms with van der Waals surface area (Å²) in [7, 11) is 0. The van der Waals surface area contributed by atoms with Crippen molar-refractivity contribution >= 4 is 0 Å². The SMILES string of the molecule is CC1=C(C)C(C)C1.CC1=C(C)C(C)C1.CC1=C(C)C(C)C1.CC1=C(C)C(C)C1.CC1=CC(C)C1.CC1CC(C)C1C.CC1CC(C)C1C. The second-order valence-electron chi connectivity index (χ2n) is 18.6. The van der Waals surface area contributed by atoms with Crippen LogP contribution in [0.25, 0.3) is 0 Å². The minimum atomic E-state index is 0.880. The average Bonchev–Trinajstić information content (AvgIpc) is 3.06. The monoisotopic (exact) mass is 663 g/mol. The van der Waals surface area contributed by atoms with Crippen LogP contribution in [-0.4, -0.2) is 0 Å². The molecule has 0 aliphatic heterocycles. The molecule has 2 saturated carbocycles. The van der Waals surface area contributed by atoms with E-state index in [0.717, 1.165) is 65.1 Å². The molecular weight excluding hydrogens is 577 g/mol. The number of rotatable bonds is 0. The molecule has 0 aromatic heterocycles. The standard InChI is InChI=1S/2C7H14.4C7H12.C6H10/c6*1-5-4-6(2)7(5)3;1-5-3-6(2)4-5/h2*5-7H,4H2,1-3H3;4*5H,4H2,1-3H3;3,5H,4H2,1-2H3. The van der Waals surface area contributed by atoms with Gasteiger partial charge in [0.05, 0.1) is 0 Å². The maximum atomic E-state index is 2.35. The Hall–Kier alpha value is -1.30. The summed E-state index contributed by atoms with van der Waals surface area (Å²) >= 11 is 0. The van der Waals surface area contributed by atoms with Crippen LogP contribution in [-0.2, 0) is 0 Å². The summed E-state index contributed by atoms with van der Waals surface area (Å²) in [6, 6.07) is 0. The number of hydrogen-bond acceptors (Lipinski definition) is 0. The van der Waals surface area contributed by atoms with Gasteiger partial charge < -0.3 is 0 Å². The minimum absolute atomic E-state index is 0.880. The highest BCUT2D eigenvalue weighted by Gasteiger charge is 2.30. The summed E-state index contributed by atoms with van der Waals surface area (Å²) < 4.78 is 0. The van der Waals surface area contributed by atoms with Gasteiger partial charge in [-0.15, -0.1) is 0 Å². The van der Waals surface area contributed by atoms with Crippen LogP contribution >= 0.6 is 0 Å². The molecule has 0 radical (unpaired) electrons. The molecule has 0 saturated heterocycles. The normalized spacial score (nSPS) is 36.6. The third-order valence-corrected chi connectivity index (χ3v) is 14.4. The molecule has 7 aliphatic rings. The molecule has 278 valence electrons. The van der Waals surface area contributed by atoms with E-state index in [9.17, 15) is 0 Å². The maximum Gasteiger partial charge on any atom is -0.0195 e. The molecule has 0 aromatic carbocycles. The van der Waals surface area contributed by atoms with Crippen molar-refractivity contribution in [3.05, 3.63) is 56.2 Å². The smallest absolute Gasteiger partial charge is 0.0195 e. The molecular formula is C48H86. The molecule has 0 nitrogen and oxygen atoms in total. The van der Waals surface area contributed by atoms with Gasteiger partial charge in [-0.05, 0) is 172 Å². The van der Waals surface area contributed by atoms with Crippen molar-refractivity contribution in [1.82, 2.24) is 0 Å². The van der Waals surface area contributed by atoms with E-state index in [1.54, 1.807) is 50.2 Å². The molecule has 9 unspecified atom stereocenters. The molecule has 7 aliphatic carbocycles. The topological polar surface area (TPSA) is 0 Å². The van der Waals surface area contributed by atoms with Gasteiger partial charge in [0.15, 0.2) is 0 Å². The molecule has 0 heterocycles. The number of hydrogen-bond donors (Lipinski definition) is 0. The van der Waals surface area contributed by atoms with E-state index in [4.69, 9.17) is 0 Å². The summed E-state index contributed by atoms with van der Waals surface area (Å²) in [6.45, 7) is 45.4. The molecule has 2 fully saturated rings. The highest BCUT2D eigenvalue weighted by Crippen LogP contribution is 2.39. The van der Waals surface area contributed by atoms with Crippen LogP contribution in [0.15, 0.2) is 56.2 Å². The zero-order chi connectivity index (χ0) is 37.2. The highest BCUT2D eigenvalue weighted by atomic mass is 14.4. The van der Waals surface area contributed by atoms with Crippen LogP contribution in [0, 0.1) is 65.1 Å². The average molecular weight is 663 g/mol. The molecule has 0 spiro atoms. The Labute approximate surface area is 303 Å². The van der Waals surface area contributed by atoms with Crippen LogP contribution in [0.3, 0.4) is 0 Å². The second kappa shape index (κ2) is 20.5. The lowest BCUT2D eigenvalue weighted by Crippen LogP contribution is -2.29. The summed E-state index contributed by atoms with van der Waals surface area (Å²) in [6.07, 6.45) is 11.9. The zero-order valence-corrected chi connectivity index (χ0v) is 36.4. The van der Waals surface area contributed by atoms with E-state index in [1.807, 2.05) is 0 Å². The molecule has 7 rings (SSSR count). The Morgan fingerprint density at radius 3 is 0.562 bits per heavy atom. The fourth-order valence-corrected chi connectivity index (χ4v) is 7.97. The molecule has 0 bridgehead atoms. The van der Waals surface area contributed by atoms with Crippen molar-refractivity contribution < 1.29 is 0 Å². The fraction of sp³-hybridized carbons (Fsp3) is 0.792. The molecule has 48 heavy (non-hydrogen) atoms. The number of allylic oxidation sites excluding steroid dienone is 10. The third-order valence-electron chi connectivity index (χ3n) is 14.4. The first-order chi connectivity index (χ1) is 22.1. The van der Waals surface area contributed by atoms with Gasteiger partial charge in [-0.2, -0.15) is 0 Å². The van der Waals surface area contributed by atoms with Crippen LogP contribution < -0.4 is 0 Å². The lowest BCUT2D eigenvalue weighted by atomic mass is 9.68. The first-order valence-electron chi connectivity index (χ1n) is 20.4. The van der Waals surface area contributed by atoms with Crippen molar-refractivity contribution in [1.29, 1.82) is 0 Å². The lowest BCUT2D eigenvalue weighted by molar-refractivity contribution is 0.120. The van der Waals surface area contributed by atoms with Gasteiger partial charge in [-0.1, -0.05) is 132 Å². The quantitative estimate of drug-likeness (QED) is 0.226. The van der Waals surface area contributed by atoms with Crippen LogP contribution in [0.2, 0.25) is 0 Å². The van der Waals surface area contributed by atoms with Crippen molar-refractivity contribution in [2.24, 2.45) is 65.1 Å². The summed E-state index contributed by atoms with van der Waals surface area (Å²) in [4.78, 5) is 0. The Balaban J connectivity index is 0.000000280. The summed E-state index contributed by atoms with van der Waals surface area (Å²) in [5.41, 5.74) is 14.4. The predicted molar refractivity (Wildman–Crippen MR) is 220 cm³/mol. The van der Waals surface area contributed by atoms with Gasteiger partial charge >= 0.3 is 0 Å². The van der Waals surface area contributed by atoms with Crippen molar-refractivity contribution in [2.45, 2.75) is 183 Å². The fourth-order valence-electron chi connectivity index (χ4n) is 7.97. The van der Waals surface area contributed by atoms with Crippen molar-refractivity contribution in [2.75, 3.05) is 0 Å². The minimum Gasteiger partial charge on any atom is -0.0824 e. The van der Waals surface area contributed by atoms with Crippen LogP contribution in [0.1, 0.15) is 183 Å². The summed E-state index contributed by atoms with van der Waals surface area (Å²) in [5.74, 6) is 10.5. The van der Waals surface area contributed by atoms with Gasteiger partial charge in [-0.25, -0.2) is 0 Å². The maximum absolute atomic E-state index is 2.35. The van der Waals surface area contributed by atoms with E-state index >= 15 is 0 Å². The van der Waals surface area contributed by atoms with E-state index in [2.05, 4.69) is 145 Å². The predicted octanol–water partition coefficient (Wildman–Crippen LogP) is 16.0. The zero-order valence-electron chi connectivity index (χ0n) is 36.4. The van der Waals surface area contributed by atoms with Crippen molar-refractivity contribution in [3.8, 4) is 0 Å². The lowest BCUT2D eigenvalue weighted by Gasteiger charge is -2.38. The Kier molecular flexibility index (Phi) is 19.1. The van der Waals surface area contributed by atoms with Gasteiger partial charge in [0.2, 0.25) is 0 Å². The van der Waals surface area contributed by atoms with Gasteiger partial charge in [-0.3, -0.25) is 0 Å². The Morgan fingerprint density at radius 2 is 0.562 bits per heavy atom. The molecule has 0 aromatic rings. The van der Waals surface area contributed by atoms with Crippen molar-refractivity contribution in [3.63, 3.8) is 0 Å². The van der Waals surface area contributed by atoms with Gasteiger partial charge in [0, 0.05) is 0 Å². The largest absolute Gasteiger partial charge is 0.0824 e. The second-order valence-corrected chi connectivity index (χ2v) is 18.6. The van der Waals surface area contributed by atoms with E-state index in [-0.39, 0.29) is 0 Å². The first kappa shape index (κ1) is 44.7. The third kappa shape index (κ3) is 13.8. The summed E-state index contributed by atoms with van der Waals surface area (Å²) in [5, 5.41) is 0. The van der Waals surface area contributed by atoms with Gasteiger partial charge in [0.25, 0.3) is 0 Å². The molecule has 9 atom stereocenters. The van der Waals surface area contributed by atoms with E-state index in [0.29, 0.717) is 0 Å².